The summed E-state index contributed by atoms with van der Waals surface area (Å²) in [6, 6.07) is 4.18. The van der Waals surface area contributed by atoms with Gasteiger partial charge < -0.3 is 5.73 Å². The van der Waals surface area contributed by atoms with Gasteiger partial charge in [-0.25, -0.2) is 8.78 Å². The summed E-state index contributed by atoms with van der Waals surface area (Å²) in [5.41, 5.74) is 6.71. The van der Waals surface area contributed by atoms with E-state index in [2.05, 4.69) is 0 Å². The third-order valence-electron chi connectivity index (χ3n) is 2.94. The second kappa shape index (κ2) is 3.65. The molecule has 2 atom stereocenters. The Labute approximate surface area is 81.9 Å². The van der Waals surface area contributed by atoms with Gasteiger partial charge in [0, 0.05) is 6.04 Å². The van der Waals surface area contributed by atoms with Crippen molar-refractivity contribution in [1.82, 2.24) is 0 Å². The standard InChI is InChI=1S/C11H13F2N/c12-9-5-4-7(6-10(9)13)8-2-1-3-11(8)14/h4-6,8,11H,1-3,14H2. The lowest BCUT2D eigenvalue weighted by Gasteiger charge is -2.15. The summed E-state index contributed by atoms with van der Waals surface area (Å²) < 4.78 is 25.6. The summed E-state index contributed by atoms with van der Waals surface area (Å²) in [5.74, 6) is -1.37. The molecule has 1 aromatic carbocycles. The van der Waals surface area contributed by atoms with Crippen molar-refractivity contribution in [1.29, 1.82) is 0 Å². The van der Waals surface area contributed by atoms with Crippen molar-refractivity contribution in [3.63, 3.8) is 0 Å². The van der Waals surface area contributed by atoms with Gasteiger partial charge >= 0.3 is 0 Å². The molecule has 0 saturated heterocycles. The number of hydrogen-bond donors (Lipinski definition) is 1. The van der Waals surface area contributed by atoms with Crippen molar-refractivity contribution < 1.29 is 8.78 Å². The number of benzene rings is 1. The van der Waals surface area contributed by atoms with Crippen molar-refractivity contribution in [2.45, 2.75) is 31.2 Å². The highest BCUT2D eigenvalue weighted by Gasteiger charge is 2.25. The van der Waals surface area contributed by atoms with Gasteiger partial charge in [0.25, 0.3) is 0 Å². The van der Waals surface area contributed by atoms with Crippen molar-refractivity contribution in [3.05, 3.63) is 35.4 Å². The monoisotopic (exact) mass is 197 g/mol. The molecule has 2 unspecified atom stereocenters. The second-order valence-corrected chi connectivity index (χ2v) is 3.87. The molecule has 3 heteroatoms. The fourth-order valence-electron chi connectivity index (χ4n) is 2.15. The molecule has 0 aliphatic heterocycles. The molecule has 1 fully saturated rings. The molecular weight excluding hydrogens is 184 g/mol. The molecule has 0 bridgehead atoms. The van der Waals surface area contributed by atoms with E-state index >= 15 is 0 Å². The molecule has 0 radical (unpaired) electrons. The molecule has 1 nitrogen and oxygen atoms in total. The number of nitrogens with two attached hydrogens (primary N) is 1. The fourth-order valence-corrected chi connectivity index (χ4v) is 2.15. The van der Waals surface area contributed by atoms with Gasteiger partial charge in [-0.2, -0.15) is 0 Å². The first-order chi connectivity index (χ1) is 6.68. The predicted octanol–water partition coefficient (Wildman–Crippen LogP) is 2.56. The van der Waals surface area contributed by atoms with Crippen molar-refractivity contribution >= 4 is 0 Å². The third kappa shape index (κ3) is 1.64. The molecule has 0 amide bonds. The van der Waals surface area contributed by atoms with Crippen LogP contribution in [-0.4, -0.2) is 6.04 Å². The van der Waals surface area contributed by atoms with Crippen LogP contribution in [0.3, 0.4) is 0 Å². The van der Waals surface area contributed by atoms with Crippen LogP contribution >= 0.6 is 0 Å². The van der Waals surface area contributed by atoms with Gasteiger partial charge in [-0.1, -0.05) is 12.5 Å². The number of hydrogen-bond acceptors (Lipinski definition) is 1. The van der Waals surface area contributed by atoms with Crippen LogP contribution < -0.4 is 5.73 Å². The van der Waals surface area contributed by atoms with Gasteiger partial charge in [0.05, 0.1) is 0 Å². The minimum Gasteiger partial charge on any atom is -0.327 e. The average Bonchev–Trinajstić information content (AvgIpc) is 2.57. The Bertz CT molecular complexity index is 338. The molecule has 1 aromatic rings. The summed E-state index contributed by atoms with van der Waals surface area (Å²) >= 11 is 0. The summed E-state index contributed by atoms with van der Waals surface area (Å²) in [5, 5.41) is 0. The lowest BCUT2D eigenvalue weighted by atomic mass is 9.94. The predicted molar refractivity (Wildman–Crippen MR) is 50.9 cm³/mol. The Kier molecular flexibility index (Phi) is 2.50. The lowest BCUT2D eigenvalue weighted by Crippen LogP contribution is -2.22. The van der Waals surface area contributed by atoms with Gasteiger partial charge in [0.2, 0.25) is 0 Å². The van der Waals surface area contributed by atoms with Crippen LogP contribution in [0.25, 0.3) is 0 Å². The first-order valence-electron chi connectivity index (χ1n) is 4.89. The molecular formula is C11H13F2N. The largest absolute Gasteiger partial charge is 0.327 e. The molecule has 2 N–H and O–H groups in total. The summed E-state index contributed by atoms with van der Waals surface area (Å²) in [6.07, 6.45) is 3.03. The maximum atomic E-state index is 12.9. The summed E-state index contributed by atoms with van der Waals surface area (Å²) in [4.78, 5) is 0. The molecule has 1 saturated carbocycles. The Hall–Kier alpha value is -0.960. The highest BCUT2D eigenvalue weighted by Crippen LogP contribution is 2.33. The highest BCUT2D eigenvalue weighted by atomic mass is 19.2. The van der Waals surface area contributed by atoms with Crippen LogP contribution in [0.4, 0.5) is 8.78 Å². The minimum atomic E-state index is -0.791. The topological polar surface area (TPSA) is 26.0 Å². The van der Waals surface area contributed by atoms with Crippen LogP contribution in [0.2, 0.25) is 0 Å². The van der Waals surface area contributed by atoms with Gasteiger partial charge in [0.15, 0.2) is 11.6 Å². The number of halogens is 2. The summed E-state index contributed by atoms with van der Waals surface area (Å²) in [6.45, 7) is 0. The normalized spacial score (nSPS) is 26.8. The molecule has 0 heterocycles. The maximum Gasteiger partial charge on any atom is 0.159 e. The molecule has 0 spiro atoms. The summed E-state index contributed by atoms with van der Waals surface area (Å²) in [7, 11) is 0. The first kappa shape index (κ1) is 9.59. The minimum absolute atomic E-state index is 0.0971. The Morgan fingerprint density at radius 1 is 1.14 bits per heavy atom. The molecule has 2 rings (SSSR count). The fraction of sp³-hybridized carbons (Fsp3) is 0.455. The molecule has 1 aliphatic carbocycles. The van der Waals surface area contributed by atoms with Gasteiger partial charge in [-0.15, -0.1) is 0 Å². The van der Waals surface area contributed by atoms with Gasteiger partial charge in [0.1, 0.15) is 0 Å². The van der Waals surface area contributed by atoms with E-state index in [0.29, 0.717) is 0 Å². The lowest BCUT2D eigenvalue weighted by molar-refractivity contribution is 0.503. The van der Waals surface area contributed by atoms with E-state index in [1.807, 2.05) is 0 Å². The van der Waals surface area contributed by atoms with E-state index in [9.17, 15) is 8.78 Å². The van der Waals surface area contributed by atoms with Crippen LogP contribution in [0.5, 0.6) is 0 Å². The Morgan fingerprint density at radius 3 is 2.50 bits per heavy atom. The van der Waals surface area contributed by atoms with E-state index in [1.54, 1.807) is 6.07 Å². The second-order valence-electron chi connectivity index (χ2n) is 3.87. The SMILES string of the molecule is NC1CCCC1c1ccc(F)c(F)c1. The zero-order valence-electron chi connectivity index (χ0n) is 7.84. The molecule has 1 aliphatic rings. The van der Waals surface area contributed by atoms with Crippen molar-refractivity contribution in [2.24, 2.45) is 5.73 Å². The zero-order valence-corrected chi connectivity index (χ0v) is 7.84. The van der Waals surface area contributed by atoms with E-state index in [-0.39, 0.29) is 12.0 Å². The Balaban J connectivity index is 2.28. The van der Waals surface area contributed by atoms with Crippen LogP contribution in [-0.2, 0) is 0 Å². The molecule has 76 valence electrons. The van der Waals surface area contributed by atoms with Gasteiger partial charge in [-0.3, -0.25) is 0 Å². The van der Waals surface area contributed by atoms with E-state index in [0.717, 1.165) is 24.8 Å². The highest BCUT2D eigenvalue weighted by molar-refractivity contribution is 5.24. The van der Waals surface area contributed by atoms with Gasteiger partial charge in [-0.05, 0) is 36.5 Å². The van der Waals surface area contributed by atoms with E-state index in [1.165, 1.54) is 12.1 Å². The molecule has 0 aromatic heterocycles. The average molecular weight is 197 g/mol. The smallest absolute Gasteiger partial charge is 0.159 e. The number of rotatable bonds is 1. The van der Waals surface area contributed by atoms with Crippen LogP contribution in [0, 0.1) is 11.6 Å². The maximum absolute atomic E-state index is 12.9. The zero-order chi connectivity index (χ0) is 10.1. The van der Waals surface area contributed by atoms with Crippen LogP contribution in [0.15, 0.2) is 18.2 Å². The van der Waals surface area contributed by atoms with E-state index < -0.39 is 11.6 Å². The van der Waals surface area contributed by atoms with E-state index in [4.69, 9.17) is 5.73 Å². The van der Waals surface area contributed by atoms with Crippen LogP contribution in [0.1, 0.15) is 30.7 Å². The third-order valence-corrected chi connectivity index (χ3v) is 2.94. The first-order valence-corrected chi connectivity index (χ1v) is 4.89. The van der Waals surface area contributed by atoms with Crippen molar-refractivity contribution in [2.75, 3.05) is 0 Å². The molecule has 14 heavy (non-hydrogen) atoms. The Morgan fingerprint density at radius 2 is 1.93 bits per heavy atom. The quantitative estimate of drug-likeness (QED) is 0.735. The van der Waals surface area contributed by atoms with Crippen molar-refractivity contribution in [3.8, 4) is 0 Å².